The van der Waals surface area contributed by atoms with E-state index in [-0.39, 0.29) is 24.4 Å². The fourth-order valence-corrected chi connectivity index (χ4v) is 1.74. The maximum absolute atomic E-state index is 11.6. The number of hydrogen-bond acceptors (Lipinski definition) is 3. The van der Waals surface area contributed by atoms with E-state index < -0.39 is 0 Å². The van der Waals surface area contributed by atoms with Gasteiger partial charge in [0.2, 0.25) is 0 Å². The molecule has 3 nitrogen and oxygen atoms in total. The van der Waals surface area contributed by atoms with Crippen LogP contribution in [-0.4, -0.2) is 18.7 Å². The molecule has 0 amide bonds. The van der Waals surface area contributed by atoms with E-state index in [0.717, 1.165) is 17.5 Å². The Labute approximate surface area is 102 Å². The Balaban J connectivity index is 2.87. The zero-order valence-electron chi connectivity index (χ0n) is 10.6. The fraction of sp³-hybridized carbons (Fsp3) is 0.429. The lowest BCUT2D eigenvalue weighted by atomic mass is 10.0. The van der Waals surface area contributed by atoms with Crippen molar-refractivity contribution in [3.8, 4) is 5.75 Å². The normalized spacial score (nSPS) is 10.1. The van der Waals surface area contributed by atoms with Crippen molar-refractivity contribution < 1.29 is 14.3 Å². The predicted octanol–water partition coefficient (Wildman–Crippen LogP) is 2.35. The maximum Gasteiger partial charge on any atom is 0.144 e. The van der Waals surface area contributed by atoms with Crippen LogP contribution >= 0.6 is 0 Å². The molecular formula is C14H18O3. The van der Waals surface area contributed by atoms with Crippen molar-refractivity contribution in [2.24, 2.45) is 0 Å². The summed E-state index contributed by atoms with van der Waals surface area (Å²) in [6, 6.07) is 5.82. The smallest absolute Gasteiger partial charge is 0.144 e. The summed E-state index contributed by atoms with van der Waals surface area (Å²) in [5.74, 6) is 0.545. The van der Waals surface area contributed by atoms with Crippen molar-refractivity contribution in [2.45, 2.75) is 33.1 Å². The van der Waals surface area contributed by atoms with Gasteiger partial charge in [-0.05, 0) is 25.0 Å². The number of carbonyl (C=O) groups is 2. The van der Waals surface area contributed by atoms with E-state index in [9.17, 15) is 9.59 Å². The number of carbonyl (C=O) groups excluding carboxylic acids is 2. The Kier molecular flexibility index (Phi) is 4.88. The lowest BCUT2D eigenvalue weighted by molar-refractivity contribution is -0.125. The Morgan fingerprint density at radius 3 is 2.53 bits per heavy atom. The number of aryl methyl sites for hydroxylation is 1. The Morgan fingerprint density at radius 2 is 2.00 bits per heavy atom. The number of benzene rings is 1. The van der Waals surface area contributed by atoms with Gasteiger partial charge in [0.25, 0.3) is 0 Å². The van der Waals surface area contributed by atoms with Crippen molar-refractivity contribution >= 4 is 11.6 Å². The van der Waals surface area contributed by atoms with E-state index in [0.29, 0.717) is 5.75 Å². The molecule has 0 aliphatic heterocycles. The first kappa shape index (κ1) is 13.4. The molecule has 0 unspecified atom stereocenters. The number of ether oxygens (including phenoxy) is 1. The summed E-state index contributed by atoms with van der Waals surface area (Å²) in [7, 11) is 1.58. The molecule has 1 aromatic rings. The molecule has 0 saturated heterocycles. The van der Waals surface area contributed by atoms with Crippen LogP contribution in [0, 0.1) is 0 Å². The molecule has 3 heteroatoms. The third-order valence-corrected chi connectivity index (χ3v) is 2.59. The van der Waals surface area contributed by atoms with Gasteiger partial charge < -0.3 is 4.74 Å². The van der Waals surface area contributed by atoms with Crippen LogP contribution in [0.4, 0.5) is 0 Å². The van der Waals surface area contributed by atoms with Crippen molar-refractivity contribution in [2.75, 3.05) is 7.11 Å². The lowest BCUT2D eigenvalue weighted by Gasteiger charge is -2.09. The average molecular weight is 234 g/mol. The summed E-state index contributed by atoms with van der Waals surface area (Å²) in [6.45, 7) is 3.49. The Hall–Kier alpha value is -1.64. The molecule has 0 atom stereocenters. The molecule has 0 heterocycles. The second-order valence-corrected chi connectivity index (χ2v) is 4.09. The summed E-state index contributed by atoms with van der Waals surface area (Å²) < 4.78 is 5.21. The number of hydrogen-bond donors (Lipinski definition) is 0. The van der Waals surface area contributed by atoms with Crippen LogP contribution in [0.3, 0.4) is 0 Å². The molecule has 0 bridgehead atoms. The molecular weight excluding hydrogens is 216 g/mol. The second-order valence-electron chi connectivity index (χ2n) is 4.09. The number of Topliss-reactive ketones (excluding diaryl/α,β-unsaturated/α-hetero) is 2. The molecule has 0 aliphatic rings. The predicted molar refractivity (Wildman–Crippen MR) is 66.4 cm³/mol. The summed E-state index contributed by atoms with van der Waals surface area (Å²) in [5.41, 5.74) is 2.02. The largest absolute Gasteiger partial charge is 0.496 e. The highest BCUT2D eigenvalue weighted by molar-refractivity contribution is 5.99. The molecule has 17 heavy (non-hydrogen) atoms. The molecule has 0 N–H and O–H groups in total. The first-order valence-electron chi connectivity index (χ1n) is 5.73. The minimum atomic E-state index is -0.0967. The van der Waals surface area contributed by atoms with E-state index in [4.69, 9.17) is 4.74 Å². The topological polar surface area (TPSA) is 43.4 Å². The van der Waals surface area contributed by atoms with Gasteiger partial charge in [-0.25, -0.2) is 0 Å². The van der Waals surface area contributed by atoms with Gasteiger partial charge in [0.15, 0.2) is 0 Å². The van der Waals surface area contributed by atoms with Crippen LogP contribution in [-0.2, 0) is 22.4 Å². The summed E-state index contributed by atoms with van der Waals surface area (Å²) >= 11 is 0. The lowest BCUT2D eigenvalue weighted by Crippen LogP contribution is -2.08. The van der Waals surface area contributed by atoms with Crippen molar-refractivity contribution in [1.82, 2.24) is 0 Å². The third kappa shape index (κ3) is 4.02. The fourth-order valence-electron chi connectivity index (χ4n) is 1.74. The van der Waals surface area contributed by atoms with E-state index in [1.54, 1.807) is 7.11 Å². The van der Waals surface area contributed by atoms with Crippen LogP contribution in [0.1, 0.15) is 31.4 Å². The summed E-state index contributed by atoms with van der Waals surface area (Å²) in [4.78, 5) is 22.5. The van der Waals surface area contributed by atoms with Crippen LogP contribution in [0.15, 0.2) is 18.2 Å². The average Bonchev–Trinajstić information content (AvgIpc) is 2.27. The standard InChI is InChI=1S/C14H18O3/c1-4-11-5-6-14(17-3)12(8-11)9-13(16)7-10(2)15/h5-6,8H,4,7,9H2,1-3H3. The van der Waals surface area contributed by atoms with E-state index in [1.165, 1.54) is 6.92 Å². The minimum Gasteiger partial charge on any atom is -0.496 e. The van der Waals surface area contributed by atoms with Crippen LogP contribution in [0.5, 0.6) is 5.75 Å². The molecule has 0 saturated carbocycles. The maximum atomic E-state index is 11.6. The van der Waals surface area contributed by atoms with E-state index >= 15 is 0 Å². The van der Waals surface area contributed by atoms with Gasteiger partial charge in [0.1, 0.15) is 17.3 Å². The van der Waals surface area contributed by atoms with Crippen LogP contribution in [0.2, 0.25) is 0 Å². The van der Waals surface area contributed by atoms with Gasteiger partial charge >= 0.3 is 0 Å². The number of methoxy groups -OCH3 is 1. The highest BCUT2D eigenvalue weighted by Crippen LogP contribution is 2.21. The third-order valence-electron chi connectivity index (χ3n) is 2.59. The molecule has 0 aromatic heterocycles. The van der Waals surface area contributed by atoms with Crippen molar-refractivity contribution in [3.05, 3.63) is 29.3 Å². The number of ketones is 2. The minimum absolute atomic E-state index is 0.000489. The Bertz CT molecular complexity index is 421. The van der Waals surface area contributed by atoms with Gasteiger partial charge in [-0.3, -0.25) is 9.59 Å². The molecule has 0 aliphatic carbocycles. The molecule has 92 valence electrons. The molecule has 0 radical (unpaired) electrons. The monoisotopic (exact) mass is 234 g/mol. The highest BCUT2D eigenvalue weighted by atomic mass is 16.5. The van der Waals surface area contributed by atoms with Crippen molar-refractivity contribution in [1.29, 1.82) is 0 Å². The molecule has 1 aromatic carbocycles. The van der Waals surface area contributed by atoms with Gasteiger partial charge in [0, 0.05) is 12.0 Å². The van der Waals surface area contributed by atoms with Gasteiger partial charge in [0.05, 0.1) is 13.5 Å². The second kappa shape index (κ2) is 6.18. The zero-order chi connectivity index (χ0) is 12.8. The highest BCUT2D eigenvalue weighted by Gasteiger charge is 2.11. The van der Waals surface area contributed by atoms with Crippen molar-refractivity contribution in [3.63, 3.8) is 0 Å². The van der Waals surface area contributed by atoms with Gasteiger partial charge in [-0.1, -0.05) is 19.1 Å². The first-order valence-corrected chi connectivity index (χ1v) is 5.73. The summed E-state index contributed by atoms with van der Waals surface area (Å²) in [5, 5.41) is 0. The van der Waals surface area contributed by atoms with Crippen LogP contribution < -0.4 is 4.74 Å². The SMILES string of the molecule is CCc1ccc(OC)c(CC(=O)CC(C)=O)c1. The molecule has 0 spiro atoms. The zero-order valence-corrected chi connectivity index (χ0v) is 10.6. The number of rotatable bonds is 6. The van der Waals surface area contributed by atoms with E-state index in [2.05, 4.69) is 6.92 Å². The summed E-state index contributed by atoms with van der Waals surface area (Å²) in [6.07, 6.45) is 1.17. The van der Waals surface area contributed by atoms with Gasteiger partial charge in [-0.15, -0.1) is 0 Å². The van der Waals surface area contributed by atoms with Gasteiger partial charge in [-0.2, -0.15) is 0 Å². The molecule has 0 fully saturated rings. The first-order chi connectivity index (χ1) is 8.06. The quantitative estimate of drug-likeness (QED) is 0.710. The molecule has 1 rings (SSSR count). The Morgan fingerprint density at radius 1 is 1.29 bits per heavy atom. The van der Waals surface area contributed by atoms with E-state index in [1.807, 2.05) is 18.2 Å². The van der Waals surface area contributed by atoms with Crippen LogP contribution in [0.25, 0.3) is 0 Å².